The Hall–Kier alpha value is -1.39. The molecular formula is C24H36IN5OS. The Morgan fingerprint density at radius 3 is 2.78 bits per heavy atom. The standard InChI is InChI=1S/C24H35N5OS.HI/c1-3-23-27-19(17-31-23)16-29-12-9-18(10-13-29)15-26-24(25-4-2)28-21-11-14-30-22-8-6-5-7-20(21)22;/h5-8,17-18,21H,3-4,9-16H2,1-2H3,(H2,25,26,28);1H. The lowest BCUT2D eigenvalue weighted by molar-refractivity contribution is 0.179. The molecule has 2 aliphatic heterocycles. The van der Waals surface area contributed by atoms with Crippen molar-refractivity contribution in [3.8, 4) is 5.75 Å². The topological polar surface area (TPSA) is 61.8 Å². The third-order valence-electron chi connectivity index (χ3n) is 6.12. The number of aryl methyl sites for hydroxylation is 1. The maximum absolute atomic E-state index is 5.80. The van der Waals surface area contributed by atoms with Crippen molar-refractivity contribution in [3.05, 3.63) is 45.9 Å². The third kappa shape index (κ3) is 6.81. The fraction of sp³-hybridized carbons (Fsp3) is 0.583. The number of para-hydroxylation sites is 1. The molecule has 0 aliphatic carbocycles. The number of likely N-dealkylation sites (tertiary alicyclic amines) is 1. The van der Waals surface area contributed by atoms with Crippen LogP contribution in [0.3, 0.4) is 0 Å². The molecule has 0 bridgehead atoms. The summed E-state index contributed by atoms with van der Waals surface area (Å²) in [4.78, 5) is 12.2. The minimum absolute atomic E-state index is 0. The Kier molecular flexibility index (Phi) is 10.1. The highest BCUT2D eigenvalue weighted by molar-refractivity contribution is 14.0. The molecule has 0 radical (unpaired) electrons. The van der Waals surface area contributed by atoms with Gasteiger partial charge in [-0.15, -0.1) is 35.3 Å². The van der Waals surface area contributed by atoms with Gasteiger partial charge in [0.1, 0.15) is 5.75 Å². The van der Waals surface area contributed by atoms with E-state index < -0.39 is 0 Å². The highest BCUT2D eigenvalue weighted by atomic mass is 127. The molecule has 4 rings (SSSR count). The Bertz CT molecular complexity index is 866. The second-order valence-electron chi connectivity index (χ2n) is 8.40. The third-order valence-corrected chi connectivity index (χ3v) is 7.16. The second kappa shape index (κ2) is 12.7. The van der Waals surface area contributed by atoms with Gasteiger partial charge >= 0.3 is 0 Å². The van der Waals surface area contributed by atoms with Gasteiger partial charge in [-0.05, 0) is 51.3 Å². The zero-order valence-electron chi connectivity index (χ0n) is 19.2. The molecule has 0 saturated carbocycles. The van der Waals surface area contributed by atoms with Gasteiger partial charge in [0.15, 0.2) is 5.96 Å². The van der Waals surface area contributed by atoms with Gasteiger partial charge in [0, 0.05) is 37.0 Å². The largest absolute Gasteiger partial charge is 0.493 e. The summed E-state index contributed by atoms with van der Waals surface area (Å²) in [6, 6.07) is 8.56. The summed E-state index contributed by atoms with van der Waals surface area (Å²) < 4.78 is 5.80. The summed E-state index contributed by atoms with van der Waals surface area (Å²) >= 11 is 1.79. The molecule has 0 spiro atoms. The van der Waals surface area contributed by atoms with Crippen LogP contribution in [0.25, 0.3) is 0 Å². The maximum Gasteiger partial charge on any atom is 0.191 e. The number of rotatable bonds is 7. The first-order valence-electron chi connectivity index (χ1n) is 11.7. The van der Waals surface area contributed by atoms with E-state index in [1.165, 1.54) is 29.1 Å². The molecule has 8 heteroatoms. The van der Waals surface area contributed by atoms with E-state index in [1.807, 2.05) is 6.07 Å². The van der Waals surface area contributed by atoms with Crippen LogP contribution in [0.1, 0.15) is 55.4 Å². The van der Waals surface area contributed by atoms with Crippen molar-refractivity contribution >= 4 is 41.3 Å². The first kappa shape index (κ1) is 25.2. The molecule has 1 unspecified atom stereocenters. The number of aliphatic imine (C=N–C) groups is 1. The molecule has 2 N–H and O–H groups in total. The number of guanidine groups is 1. The number of hydrogen-bond donors (Lipinski definition) is 2. The molecule has 176 valence electrons. The zero-order valence-corrected chi connectivity index (χ0v) is 22.3. The number of nitrogens with zero attached hydrogens (tertiary/aromatic N) is 3. The van der Waals surface area contributed by atoms with E-state index in [1.54, 1.807) is 11.3 Å². The second-order valence-corrected chi connectivity index (χ2v) is 9.34. The summed E-state index contributed by atoms with van der Waals surface area (Å²) in [6.07, 6.45) is 4.39. The normalized spacial score (nSPS) is 19.6. The molecule has 2 aromatic rings. The molecule has 1 aromatic carbocycles. The molecule has 1 saturated heterocycles. The monoisotopic (exact) mass is 569 g/mol. The summed E-state index contributed by atoms with van der Waals surface area (Å²) in [6.45, 7) is 10.0. The summed E-state index contributed by atoms with van der Waals surface area (Å²) in [5.74, 6) is 2.55. The van der Waals surface area contributed by atoms with E-state index in [-0.39, 0.29) is 30.0 Å². The number of hydrogen-bond acceptors (Lipinski definition) is 5. The van der Waals surface area contributed by atoms with Gasteiger partial charge in [-0.25, -0.2) is 4.98 Å². The Balaban J connectivity index is 0.00000289. The van der Waals surface area contributed by atoms with Crippen LogP contribution in [-0.2, 0) is 13.0 Å². The smallest absolute Gasteiger partial charge is 0.191 e. The average Bonchev–Trinajstić information content (AvgIpc) is 3.26. The number of piperidine rings is 1. The van der Waals surface area contributed by atoms with Gasteiger partial charge in [-0.3, -0.25) is 9.89 Å². The molecule has 32 heavy (non-hydrogen) atoms. The quantitative estimate of drug-likeness (QED) is 0.290. The van der Waals surface area contributed by atoms with Crippen LogP contribution < -0.4 is 15.4 Å². The van der Waals surface area contributed by atoms with E-state index in [9.17, 15) is 0 Å². The van der Waals surface area contributed by atoms with Crippen LogP contribution in [0.15, 0.2) is 34.6 Å². The minimum Gasteiger partial charge on any atom is -0.493 e. The summed E-state index contributed by atoms with van der Waals surface area (Å²) in [5.41, 5.74) is 2.45. The predicted octanol–water partition coefficient (Wildman–Crippen LogP) is 4.61. The lowest BCUT2D eigenvalue weighted by atomic mass is 9.97. The van der Waals surface area contributed by atoms with E-state index in [2.05, 4.69) is 53.0 Å². The van der Waals surface area contributed by atoms with Gasteiger partial charge in [0.2, 0.25) is 0 Å². The summed E-state index contributed by atoms with van der Waals surface area (Å²) in [5, 5.41) is 10.5. The number of aromatic nitrogens is 1. The highest BCUT2D eigenvalue weighted by Gasteiger charge is 2.23. The number of ether oxygens (including phenoxy) is 1. The van der Waals surface area contributed by atoms with Crippen molar-refractivity contribution in [2.75, 3.05) is 32.8 Å². The van der Waals surface area contributed by atoms with E-state index in [0.717, 1.165) is 63.9 Å². The van der Waals surface area contributed by atoms with Crippen molar-refractivity contribution in [1.82, 2.24) is 20.5 Å². The van der Waals surface area contributed by atoms with Gasteiger partial charge in [0.25, 0.3) is 0 Å². The molecular weight excluding hydrogens is 533 g/mol. The molecule has 1 aromatic heterocycles. The lowest BCUT2D eigenvalue weighted by Crippen LogP contribution is -2.41. The lowest BCUT2D eigenvalue weighted by Gasteiger charge is -2.31. The molecule has 3 heterocycles. The molecule has 0 amide bonds. The van der Waals surface area contributed by atoms with Gasteiger partial charge < -0.3 is 15.4 Å². The fourth-order valence-corrected chi connectivity index (χ4v) is 5.07. The van der Waals surface area contributed by atoms with E-state index >= 15 is 0 Å². The van der Waals surface area contributed by atoms with Crippen LogP contribution >= 0.6 is 35.3 Å². The van der Waals surface area contributed by atoms with Crippen LogP contribution in [0.2, 0.25) is 0 Å². The van der Waals surface area contributed by atoms with Crippen molar-refractivity contribution in [1.29, 1.82) is 0 Å². The van der Waals surface area contributed by atoms with E-state index in [4.69, 9.17) is 14.7 Å². The van der Waals surface area contributed by atoms with Crippen LogP contribution in [-0.4, -0.2) is 48.6 Å². The molecule has 2 aliphatic rings. The first-order chi connectivity index (χ1) is 15.2. The van der Waals surface area contributed by atoms with Crippen molar-refractivity contribution in [2.45, 2.75) is 52.1 Å². The first-order valence-corrected chi connectivity index (χ1v) is 12.5. The maximum atomic E-state index is 5.80. The molecule has 6 nitrogen and oxygen atoms in total. The van der Waals surface area contributed by atoms with Crippen LogP contribution in [0, 0.1) is 5.92 Å². The minimum atomic E-state index is 0. The fourth-order valence-electron chi connectivity index (χ4n) is 4.34. The van der Waals surface area contributed by atoms with Crippen LogP contribution in [0.4, 0.5) is 0 Å². The van der Waals surface area contributed by atoms with Crippen molar-refractivity contribution < 1.29 is 4.74 Å². The zero-order chi connectivity index (χ0) is 21.5. The summed E-state index contributed by atoms with van der Waals surface area (Å²) in [7, 11) is 0. The molecule has 1 atom stereocenters. The SMILES string of the molecule is CCNC(=NCC1CCN(Cc2csc(CC)n2)CC1)NC1CCOc2ccccc21.I. The Labute approximate surface area is 213 Å². The predicted molar refractivity (Wildman–Crippen MR) is 143 cm³/mol. The van der Waals surface area contributed by atoms with Crippen molar-refractivity contribution in [3.63, 3.8) is 0 Å². The highest BCUT2D eigenvalue weighted by Crippen LogP contribution is 2.31. The average molecular weight is 570 g/mol. The van der Waals surface area contributed by atoms with Crippen molar-refractivity contribution in [2.24, 2.45) is 10.9 Å². The number of halogens is 1. The number of nitrogens with one attached hydrogen (secondary N) is 2. The van der Waals surface area contributed by atoms with Crippen LogP contribution in [0.5, 0.6) is 5.75 Å². The number of benzene rings is 1. The van der Waals surface area contributed by atoms with Gasteiger partial charge in [-0.1, -0.05) is 25.1 Å². The Morgan fingerprint density at radius 2 is 2.03 bits per heavy atom. The Morgan fingerprint density at radius 1 is 1.22 bits per heavy atom. The number of fused-ring (bicyclic) bond motifs is 1. The van der Waals surface area contributed by atoms with Gasteiger partial charge in [-0.2, -0.15) is 0 Å². The molecule has 1 fully saturated rings. The number of thiazole rings is 1. The van der Waals surface area contributed by atoms with Gasteiger partial charge in [0.05, 0.1) is 23.4 Å². The van der Waals surface area contributed by atoms with E-state index in [0.29, 0.717) is 5.92 Å².